The second-order valence-electron chi connectivity index (χ2n) is 7.73. The van der Waals surface area contributed by atoms with Crippen LogP contribution in [0.2, 0.25) is 5.02 Å². The predicted molar refractivity (Wildman–Crippen MR) is 116 cm³/mol. The molecule has 0 saturated carbocycles. The Hall–Kier alpha value is -2.63. The molecule has 2 aromatic carbocycles. The van der Waals surface area contributed by atoms with E-state index in [0.717, 1.165) is 53.9 Å². The summed E-state index contributed by atoms with van der Waals surface area (Å²) < 4.78 is 5.62. The van der Waals surface area contributed by atoms with E-state index in [-0.39, 0.29) is 12.5 Å². The number of aliphatic hydroxyl groups excluding tert-OH is 1. The Labute approximate surface area is 181 Å². The fraction of sp³-hybridized carbons (Fsp3) is 0.333. The highest BCUT2D eigenvalue weighted by atomic mass is 35.5. The van der Waals surface area contributed by atoms with Crippen molar-refractivity contribution in [1.29, 1.82) is 0 Å². The number of carbonyl (C=O) groups is 1. The summed E-state index contributed by atoms with van der Waals surface area (Å²) in [4.78, 5) is 12.9. The van der Waals surface area contributed by atoms with E-state index < -0.39 is 12.1 Å². The summed E-state index contributed by atoms with van der Waals surface area (Å²) in [6, 6.07) is 17.2. The number of aliphatic hydroxyl groups is 1. The number of ether oxygens (including phenoxy) is 1. The SMILES string of the molecule is O=C(O[C@@H](CO)c1ccccc1)c1n[nH]c2c1CCCCC2Cc1cccc(Cl)c1. The Bertz CT molecular complexity index is 1000. The van der Waals surface area contributed by atoms with Crippen LogP contribution in [0.3, 0.4) is 0 Å². The minimum Gasteiger partial charge on any atom is -0.450 e. The number of aromatic nitrogens is 2. The maximum atomic E-state index is 12.9. The zero-order valence-electron chi connectivity index (χ0n) is 16.7. The molecule has 1 heterocycles. The topological polar surface area (TPSA) is 75.2 Å². The number of fused-ring (bicyclic) bond motifs is 1. The second kappa shape index (κ2) is 9.45. The molecule has 0 bridgehead atoms. The van der Waals surface area contributed by atoms with Gasteiger partial charge in [-0.1, -0.05) is 60.5 Å². The summed E-state index contributed by atoms with van der Waals surface area (Å²) in [5, 5.41) is 17.9. The molecule has 4 rings (SSSR count). The molecule has 1 aliphatic rings. The van der Waals surface area contributed by atoms with Crippen molar-refractivity contribution in [2.45, 2.75) is 44.1 Å². The fourth-order valence-electron chi connectivity index (χ4n) is 4.19. The number of hydrogen-bond donors (Lipinski definition) is 2. The van der Waals surface area contributed by atoms with Crippen LogP contribution >= 0.6 is 11.6 Å². The molecule has 30 heavy (non-hydrogen) atoms. The van der Waals surface area contributed by atoms with Gasteiger partial charge < -0.3 is 9.84 Å². The molecule has 156 valence electrons. The number of aromatic amines is 1. The van der Waals surface area contributed by atoms with Crippen molar-refractivity contribution < 1.29 is 14.6 Å². The van der Waals surface area contributed by atoms with Crippen molar-refractivity contribution in [1.82, 2.24) is 10.2 Å². The van der Waals surface area contributed by atoms with E-state index in [2.05, 4.69) is 16.3 Å². The molecular weight excluding hydrogens is 400 g/mol. The van der Waals surface area contributed by atoms with Crippen molar-refractivity contribution in [2.24, 2.45) is 0 Å². The van der Waals surface area contributed by atoms with Gasteiger partial charge in [0.1, 0.15) is 0 Å². The zero-order valence-corrected chi connectivity index (χ0v) is 17.4. The molecule has 0 amide bonds. The van der Waals surface area contributed by atoms with E-state index in [1.54, 1.807) is 0 Å². The highest BCUT2D eigenvalue weighted by Crippen LogP contribution is 2.34. The zero-order chi connectivity index (χ0) is 20.9. The van der Waals surface area contributed by atoms with Crippen molar-refractivity contribution in [3.63, 3.8) is 0 Å². The average Bonchev–Trinajstić information content (AvgIpc) is 3.09. The van der Waals surface area contributed by atoms with Crippen LogP contribution in [-0.2, 0) is 17.6 Å². The standard InChI is InChI=1S/C24H25ClN2O3/c25-19-11-6-7-16(14-19)13-18-10-4-5-12-20-22(18)26-27-23(20)24(29)30-21(15-28)17-8-2-1-3-9-17/h1-3,6-9,11,14,18,21,28H,4-5,10,12-13,15H2,(H,26,27)/t18?,21-/m0/s1. The van der Waals surface area contributed by atoms with Gasteiger partial charge in [0.2, 0.25) is 0 Å². The largest absolute Gasteiger partial charge is 0.450 e. The molecule has 5 nitrogen and oxygen atoms in total. The Morgan fingerprint density at radius 3 is 2.80 bits per heavy atom. The molecule has 0 radical (unpaired) electrons. The number of nitrogens with one attached hydrogen (secondary N) is 1. The van der Waals surface area contributed by atoms with Crippen LogP contribution in [0.5, 0.6) is 0 Å². The minimum atomic E-state index is -0.709. The third kappa shape index (κ3) is 4.58. The lowest BCUT2D eigenvalue weighted by Gasteiger charge is -2.16. The number of esters is 1. The lowest BCUT2D eigenvalue weighted by atomic mass is 9.91. The first-order valence-corrected chi connectivity index (χ1v) is 10.7. The molecule has 0 spiro atoms. The molecule has 1 aromatic heterocycles. The molecule has 1 unspecified atom stereocenters. The van der Waals surface area contributed by atoms with Crippen LogP contribution < -0.4 is 0 Å². The summed E-state index contributed by atoms with van der Waals surface area (Å²) >= 11 is 6.15. The summed E-state index contributed by atoms with van der Waals surface area (Å²) in [6.45, 7) is -0.278. The van der Waals surface area contributed by atoms with Gasteiger partial charge >= 0.3 is 5.97 Å². The third-order valence-corrected chi connectivity index (χ3v) is 5.92. The maximum Gasteiger partial charge on any atom is 0.359 e. The predicted octanol–water partition coefficient (Wildman–Crippen LogP) is 5.01. The monoisotopic (exact) mass is 424 g/mol. The fourth-order valence-corrected chi connectivity index (χ4v) is 4.40. The van der Waals surface area contributed by atoms with Crippen LogP contribution in [-0.4, -0.2) is 27.9 Å². The Morgan fingerprint density at radius 1 is 1.20 bits per heavy atom. The number of halogens is 1. The van der Waals surface area contributed by atoms with Crippen LogP contribution in [0.25, 0.3) is 0 Å². The van der Waals surface area contributed by atoms with Gasteiger partial charge in [-0.2, -0.15) is 5.10 Å². The molecule has 6 heteroatoms. The maximum absolute atomic E-state index is 12.9. The highest BCUT2D eigenvalue weighted by molar-refractivity contribution is 6.30. The quantitative estimate of drug-likeness (QED) is 0.431. The number of carbonyl (C=O) groups excluding carboxylic acids is 1. The average molecular weight is 425 g/mol. The van der Waals surface area contributed by atoms with Crippen LogP contribution in [0.15, 0.2) is 54.6 Å². The summed E-state index contributed by atoms with van der Waals surface area (Å²) in [7, 11) is 0. The van der Waals surface area contributed by atoms with Crippen molar-refractivity contribution in [3.05, 3.63) is 87.7 Å². The van der Waals surface area contributed by atoms with Crippen LogP contribution in [0, 0.1) is 0 Å². The molecule has 0 fully saturated rings. The molecule has 2 N–H and O–H groups in total. The first kappa shape index (κ1) is 20.6. The Morgan fingerprint density at radius 2 is 2.03 bits per heavy atom. The second-order valence-corrected chi connectivity index (χ2v) is 8.16. The van der Waals surface area contributed by atoms with Crippen molar-refractivity contribution in [2.75, 3.05) is 6.61 Å². The molecular formula is C24H25ClN2O3. The van der Waals surface area contributed by atoms with Gasteiger partial charge in [0, 0.05) is 22.2 Å². The highest BCUT2D eigenvalue weighted by Gasteiger charge is 2.29. The van der Waals surface area contributed by atoms with Gasteiger partial charge in [-0.15, -0.1) is 0 Å². The lowest BCUT2D eigenvalue weighted by Crippen LogP contribution is -2.16. The van der Waals surface area contributed by atoms with Gasteiger partial charge in [-0.3, -0.25) is 5.10 Å². The van der Waals surface area contributed by atoms with Gasteiger partial charge in [-0.25, -0.2) is 4.79 Å². The number of H-pyrrole nitrogens is 1. The Kier molecular flexibility index (Phi) is 6.50. The number of hydrogen-bond acceptors (Lipinski definition) is 4. The van der Waals surface area contributed by atoms with Crippen LogP contribution in [0.4, 0.5) is 0 Å². The molecule has 3 aromatic rings. The first-order chi connectivity index (χ1) is 14.7. The first-order valence-electron chi connectivity index (χ1n) is 10.3. The number of rotatable bonds is 6. The minimum absolute atomic E-state index is 0.248. The van der Waals surface area contributed by atoms with E-state index in [1.165, 1.54) is 5.56 Å². The van der Waals surface area contributed by atoms with E-state index in [4.69, 9.17) is 16.3 Å². The van der Waals surface area contributed by atoms with Crippen molar-refractivity contribution >= 4 is 17.6 Å². The normalized spacial score (nSPS) is 17.1. The summed E-state index contributed by atoms with van der Waals surface area (Å²) in [5.41, 5.74) is 4.21. The summed E-state index contributed by atoms with van der Waals surface area (Å²) in [6.07, 6.45) is 4.04. The molecule has 1 aliphatic carbocycles. The Balaban J connectivity index is 1.56. The molecule has 0 saturated heterocycles. The van der Waals surface area contributed by atoms with Gasteiger partial charge in [0.15, 0.2) is 11.8 Å². The van der Waals surface area contributed by atoms with Crippen molar-refractivity contribution in [3.8, 4) is 0 Å². The van der Waals surface area contributed by atoms with Crippen LogP contribution in [0.1, 0.15) is 64.2 Å². The molecule has 0 aliphatic heterocycles. The van der Waals surface area contributed by atoms with E-state index in [0.29, 0.717) is 5.69 Å². The summed E-state index contributed by atoms with van der Waals surface area (Å²) in [5.74, 6) is -0.253. The van der Waals surface area contributed by atoms with E-state index in [1.807, 2.05) is 48.5 Å². The smallest absolute Gasteiger partial charge is 0.359 e. The van der Waals surface area contributed by atoms with Gasteiger partial charge in [0.05, 0.1) is 6.61 Å². The number of nitrogens with zero attached hydrogens (tertiary/aromatic N) is 1. The van der Waals surface area contributed by atoms with E-state index >= 15 is 0 Å². The number of benzene rings is 2. The van der Waals surface area contributed by atoms with Gasteiger partial charge in [0.25, 0.3) is 0 Å². The lowest BCUT2D eigenvalue weighted by molar-refractivity contribution is 0.0125. The molecule has 2 atom stereocenters. The van der Waals surface area contributed by atoms with Gasteiger partial charge in [-0.05, 0) is 48.9 Å². The van der Waals surface area contributed by atoms with E-state index in [9.17, 15) is 9.90 Å². The third-order valence-electron chi connectivity index (χ3n) is 5.69.